The van der Waals surface area contributed by atoms with Gasteiger partial charge in [0.1, 0.15) is 0 Å². The van der Waals surface area contributed by atoms with Gasteiger partial charge >= 0.3 is 0 Å². The molecule has 0 atom stereocenters. The summed E-state index contributed by atoms with van der Waals surface area (Å²) in [7, 11) is 0. The van der Waals surface area contributed by atoms with Crippen LogP contribution in [0.3, 0.4) is 0 Å². The zero-order valence-corrected chi connectivity index (χ0v) is 11.0. The third kappa shape index (κ3) is 2.44. The molecule has 0 aliphatic heterocycles. The average molecular weight is 253 g/mol. The Morgan fingerprint density at radius 3 is 2.22 bits per heavy atom. The van der Waals surface area contributed by atoms with Crippen molar-refractivity contribution in [3.63, 3.8) is 0 Å². The summed E-state index contributed by atoms with van der Waals surface area (Å²) in [6, 6.07) is 16.9. The van der Waals surface area contributed by atoms with Crippen molar-refractivity contribution >= 4 is 21.6 Å². The van der Waals surface area contributed by atoms with Crippen LogP contribution in [0.1, 0.15) is 17.5 Å². The molecule has 0 fully saturated rings. The lowest BCUT2D eigenvalue weighted by Crippen LogP contribution is -1.77. The molecular formula is C16H15NS. The Balaban J connectivity index is 0.000000111. The van der Waals surface area contributed by atoms with E-state index in [1.165, 1.54) is 24.0 Å². The van der Waals surface area contributed by atoms with E-state index in [0.717, 1.165) is 5.52 Å². The minimum atomic E-state index is 1.10. The first-order valence-corrected chi connectivity index (χ1v) is 7.16. The van der Waals surface area contributed by atoms with Crippen molar-refractivity contribution in [2.75, 3.05) is 0 Å². The Hall–Kier alpha value is -1.67. The Kier molecular flexibility index (Phi) is 3.37. The summed E-state index contributed by atoms with van der Waals surface area (Å²) in [5, 5.41) is 0. The molecule has 0 amide bonds. The van der Waals surface area contributed by atoms with Gasteiger partial charge in [0.25, 0.3) is 0 Å². The van der Waals surface area contributed by atoms with E-state index in [2.05, 4.69) is 35.3 Å². The van der Waals surface area contributed by atoms with Gasteiger partial charge in [-0.05, 0) is 42.5 Å². The highest BCUT2D eigenvalue weighted by Gasteiger charge is 2.07. The van der Waals surface area contributed by atoms with E-state index < -0.39 is 0 Å². The highest BCUT2D eigenvalue weighted by molar-refractivity contribution is 7.16. The number of nitrogens with zero attached hydrogens (tertiary/aromatic N) is 1. The zero-order chi connectivity index (χ0) is 12.2. The predicted molar refractivity (Wildman–Crippen MR) is 78.1 cm³/mol. The Morgan fingerprint density at radius 2 is 1.50 bits per heavy atom. The van der Waals surface area contributed by atoms with Crippen LogP contribution >= 0.6 is 11.3 Å². The third-order valence-corrected chi connectivity index (χ3v) is 4.06. The lowest BCUT2D eigenvalue weighted by atomic mass is 10.1. The number of hydrogen-bond donors (Lipinski definition) is 0. The molecule has 2 aromatic carbocycles. The van der Waals surface area contributed by atoms with Crippen LogP contribution in [0.4, 0.5) is 0 Å². The van der Waals surface area contributed by atoms with Crippen molar-refractivity contribution < 1.29 is 0 Å². The van der Waals surface area contributed by atoms with Crippen molar-refractivity contribution in [3.05, 3.63) is 65.2 Å². The summed E-state index contributed by atoms with van der Waals surface area (Å²) >= 11 is 1.68. The second-order valence-corrected chi connectivity index (χ2v) is 5.33. The van der Waals surface area contributed by atoms with Gasteiger partial charge in [0.2, 0.25) is 0 Å². The first-order valence-electron chi connectivity index (χ1n) is 6.28. The molecule has 0 N–H and O–H groups in total. The van der Waals surface area contributed by atoms with Crippen molar-refractivity contribution in [1.29, 1.82) is 0 Å². The number of hydrogen-bond acceptors (Lipinski definition) is 2. The molecule has 1 aliphatic rings. The van der Waals surface area contributed by atoms with Crippen molar-refractivity contribution in [1.82, 2.24) is 4.98 Å². The van der Waals surface area contributed by atoms with E-state index >= 15 is 0 Å². The van der Waals surface area contributed by atoms with Gasteiger partial charge in [-0.15, -0.1) is 11.3 Å². The second kappa shape index (κ2) is 5.32. The molecule has 90 valence electrons. The molecule has 2 heteroatoms. The van der Waals surface area contributed by atoms with Crippen LogP contribution < -0.4 is 0 Å². The monoisotopic (exact) mass is 253 g/mol. The van der Waals surface area contributed by atoms with E-state index in [4.69, 9.17) is 0 Å². The number of aromatic nitrogens is 1. The maximum absolute atomic E-state index is 4.14. The molecule has 0 bridgehead atoms. The minimum absolute atomic E-state index is 1.10. The van der Waals surface area contributed by atoms with Gasteiger partial charge in [-0.3, -0.25) is 0 Å². The number of fused-ring (bicyclic) bond motifs is 2. The second-order valence-electron chi connectivity index (χ2n) is 4.44. The van der Waals surface area contributed by atoms with Gasteiger partial charge < -0.3 is 0 Å². The fraction of sp³-hybridized carbons (Fsp3) is 0.188. The fourth-order valence-corrected chi connectivity index (χ4v) is 3.00. The van der Waals surface area contributed by atoms with Crippen LogP contribution in [-0.4, -0.2) is 4.98 Å². The molecule has 0 saturated carbocycles. The quantitative estimate of drug-likeness (QED) is 0.576. The van der Waals surface area contributed by atoms with Gasteiger partial charge in [0, 0.05) is 0 Å². The molecule has 1 nitrogen and oxygen atoms in total. The smallest absolute Gasteiger partial charge is 0.0812 e. The summed E-state index contributed by atoms with van der Waals surface area (Å²) in [6.45, 7) is 0. The maximum atomic E-state index is 4.14. The molecule has 18 heavy (non-hydrogen) atoms. The van der Waals surface area contributed by atoms with Crippen LogP contribution in [0.2, 0.25) is 0 Å². The number of aryl methyl sites for hydroxylation is 2. The summed E-state index contributed by atoms with van der Waals surface area (Å²) in [5.74, 6) is 0. The van der Waals surface area contributed by atoms with Crippen molar-refractivity contribution in [2.24, 2.45) is 0 Å². The molecule has 1 aromatic heterocycles. The van der Waals surface area contributed by atoms with E-state index in [9.17, 15) is 0 Å². The van der Waals surface area contributed by atoms with Crippen LogP contribution in [0.15, 0.2) is 54.0 Å². The van der Waals surface area contributed by atoms with E-state index in [-0.39, 0.29) is 0 Å². The lowest BCUT2D eigenvalue weighted by molar-refractivity contribution is 0.912. The molecule has 1 aliphatic carbocycles. The largest absolute Gasteiger partial charge is 0.245 e. The number of para-hydroxylation sites is 1. The molecule has 3 aromatic rings. The van der Waals surface area contributed by atoms with Gasteiger partial charge in [0.15, 0.2) is 0 Å². The lowest BCUT2D eigenvalue weighted by Gasteiger charge is -1.93. The van der Waals surface area contributed by atoms with E-state index in [0.29, 0.717) is 0 Å². The van der Waals surface area contributed by atoms with Gasteiger partial charge in [-0.25, -0.2) is 4.98 Å². The number of rotatable bonds is 0. The first kappa shape index (κ1) is 11.4. The van der Waals surface area contributed by atoms with Crippen LogP contribution in [0.5, 0.6) is 0 Å². The van der Waals surface area contributed by atoms with E-state index in [1.54, 1.807) is 22.5 Å². The Morgan fingerprint density at radius 1 is 0.833 bits per heavy atom. The van der Waals surface area contributed by atoms with Gasteiger partial charge in [-0.2, -0.15) is 0 Å². The summed E-state index contributed by atoms with van der Waals surface area (Å²) < 4.78 is 1.26. The average Bonchev–Trinajstić information content (AvgIpc) is 3.08. The standard InChI is InChI=1S/C9H10.C7H5NS/c1-2-5-9-7-3-6-8(9)4-1;1-2-4-7-6(3-1)8-5-9-7/h1-2,4-5H,3,6-7H2;1-5H. The predicted octanol–water partition coefficient (Wildman–Crippen LogP) is 4.47. The first-order chi connectivity index (χ1) is 8.93. The van der Waals surface area contributed by atoms with Crippen molar-refractivity contribution in [2.45, 2.75) is 19.3 Å². The molecular weight excluding hydrogens is 238 g/mol. The van der Waals surface area contributed by atoms with Gasteiger partial charge in [0.05, 0.1) is 15.7 Å². The minimum Gasteiger partial charge on any atom is -0.245 e. The van der Waals surface area contributed by atoms with Crippen LogP contribution in [0.25, 0.3) is 10.2 Å². The number of benzene rings is 2. The Bertz CT molecular complexity index is 589. The zero-order valence-electron chi connectivity index (χ0n) is 10.2. The van der Waals surface area contributed by atoms with Gasteiger partial charge in [-0.1, -0.05) is 36.4 Å². The molecule has 4 rings (SSSR count). The molecule has 0 unspecified atom stereocenters. The third-order valence-electron chi connectivity index (χ3n) is 3.25. The topological polar surface area (TPSA) is 12.9 Å². The van der Waals surface area contributed by atoms with Crippen molar-refractivity contribution in [3.8, 4) is 0 Å². The van der Waals surface area contributed by atoms with E-state index in [1.807, 2.05) is 23.7 Å². The molecule has 1 heterocycles. The summed E-state index contributed by atoms with van der Waals surface area (Å²) in [4.78, 5) is 4.14. The fourth-order valence-electron chi connectivity index (χ4n) is 2.32. The normalized spacial score (nSPS) is 12.9. The summed E-state index contributed by atoms with van der Waals surface area (Å²) in [6.07, 6.45) is 3.96. The number of thiazole rings is 1. The van der Waals surface area contributed by atoms with Crippen LogP contribution in [0, 0.1) is 0 Å². The highest BCUT2D eigenvalue weighted by atomic mass is 32.1. The highest BCUT2D eigenvalue weighted by Crippen LogP contribution is 2.20. The maximum Gasteiger partial charge on any atom is 0.0812 e. The molecule has 0 saturated heterocycles. The summed E-state index contributed by atoms with van der Waals surface area (Å²) in [5.41, 5.74) is 6.10. The SMILES string of the molecule is c1ccc2c(c1)CCC2.c1ccc2scnc2c1. The Labute approximate surface area is 111 Å². The van der Waals surface area contributed by atoms with Crippen LogP contribution in [-0.2, 0) is 12.8 Å². The molecule has 0 spiro atoms. The molecule has 0 radical (unpaired) electrons.